The SMILES string of the molecule is Cc1ccc(OC(C)CNC(=O)CCCl)cc1. The lowest BCUT2D eigenvalue weighted by atomic mass is 10.2. The Kier molecular flexibility index (Phi) is 5.84. The molecule has 0 aliphatic heterocycles. The van der Waals surface area contributed by atoms with Gasteiger partial charge in [-0.3, -0.25) is 4.79 Å². The molecule has 0 saturated carbocycles. The van der Waals surface area contributed by atoms with Gasteiger partial charge in [0.2, 0.25) is 5.91 Å². The fraction of sp³-hybridized carbons (Fsp3) is 0.462. The number of hydrogen-bond donors (Lipinski definition) is 1. The number of ether oxygens (including phenoxy) is 1. The molecule has 0 aromatic heterocycles. The molecule has 1 amide bonds. The number of carbonyl (C=O) groups excluding carboxylic acids is 1. The van der Waals surface area contributed by atoms with Crippen molar-refractivity contribution < 1.29 is 9.53 Å². The summed E-state index contributed by atoms with van der Waals surface area (Å²) < 4.78 is 5.65. The molecule has 1 atom stereocenters. The van der Waals surface area contributed by atoms with Crippen LogP contribution in [-0.4, -0.2) is 24.4 Å². The number of hydrogen-bond acceptors (Lipinski definition) is 2. The van der Waals surface area contributed by atoms with E-state index in [4.69, 9.17) is 16.3 Å². The van der Waals surface area contributed by atoms with Crippen molar-refractivity contribution >= 4 is 17.5 Å². The van der Waals surface area contributed by atoms with E-state index in [1.54, 1.807) is 0 Å². The molecule has 0 spiro atoms. The van der Waals surface area contributed by atoms with Crippen molar-refractivity contribution in [3.63, 3.8) is 0 Å². The monoisotopic (exact) mass is 255 g/mol. The Morgan fingerprint density at radius 2 is 2.06 bits per heavy atom. The van der Waals surface area contributed by atoms with Gasteiger partial charge in [0.05, 0.1) is 6.54 Å². The normalized spacial score (nSPS) is 11.9. The smallest absolute Gasteiger partial charge is 0.221 e. The van der Waals surface area contributed by atoms with Crippen molar-refractivity contribution in [3.8, 4) is 5.75 Å². The Morgan fingerprint density at radius 3 is 2.65 bits per heavy atom. The zero-order valence-corrected chi connectivity index (χ0v) is 11.0. The lowest BCUT2D eigenvalue weighted by Crippen LogP contribution is -2.33. The summed E-state index contributed by atoms with van der Waals surface area (Å²) in [5.74, 6) is 1.12. The maximum atomic E-state index is 11.2. The Labute approximate surface area is 107 Å². The first-order valence-corrected chi connectivity index (χ1v) is 6.21. The second-order valence-corrected chi connectivity index (χ2v) is 4.36. The molecule has 0 heterocycles. The Morgan fingerprint density at radius 1 is 1.41 bits per heavy atom. The van der Waals surface area contributed by atoms with Gasteiger partial charge >= 0.3 is 0 Å². The number of halogens is 1. The van der Waals surface area contributed by atoms with Crippen LogP contribution in [0.25, 0.3) is 0 Å². The highest BCUT2D eigenvalue weighted by atomic mass is 35.5. The molecule has 0 fully saturated rings. The van der Waals surface area contributed by atoms with E-state index in [0.29, 0.717) is 18.8 Å². The molecular formula is C13H18ClNO2. The predicted molar refractivity (Wildman–Crippen MR) is 69.6 cm³/mol. The number of amides is 1. The molecule has 1 N–H and O–H groups in total. The van der Waals surface area contributed by atoms with Crippen LogP contribution in [0.1, 0.15) is 18.9 Å². The number of benzene rings is 1. The lowest BCUT2D eigenvalue weighted by Gasteiger charge is -2.15. The van der Waals surface area contributed by atoms with Crippen LogP contribution in [0.2, 0.25) is 0 Å². The highest BCUT2D eigenvalue weighted by Gasteiger charge is 2.06. The van der Waals surface area contributed by atoms with E-state index >= 15 is 0 Å². The second-order valence-electron chi connectivity index (χ2n) is 3.98. The van der Waals surface area contributed by atoms with Crippen LogP contribution in [0, 0.1) is 6.92 Å². The van der Waals surface area contributed by atoms with E-state index < -0.39 is 0 Å². The maximum absolute atomic E-state index is 11.2. The van der Waals surface area contributed by atoms with Crippen LogP contribution in [-0.2, 0) is 4.79 Å². The number of alkyl halides is 1. The topological polar surface area (TPSA) is 38.3 Å². The Bertz CT molecular complexity index is 351. The summed E-state index contributed by atoms with van der Waals surface area (Å²) in [6.45, 7) is 4.43. The number of carbonyl (C=O) groups is 1. The fourth-order valence-corrected chi connectivity index (χ4v) is 1.49. The molecule has 0 saturated heterocycles. The second kappa shape index (κ2) is 7.17. The summed E-state index contributed by atoms with van der Waals surface area (Å²) in [5, 5.41) is 2.77. The third-order valence-corrected chi connectivity index (χ3v) is 2.46. The Balaban J connectivity index is 2.31. The van der Waals surface area contributed by atoms with Crippen molar-refractivity contribution in [3.05, 3.63) is 29.8 Å². The average Bonchev–Trinajstić information content (AvgIpc) is 2.30. The minimum Gasteiger partial charge on any atom is -0.489 e. The van der Waals surface area contributed by atoms with E-state index in [1.165, 1.54) is 5.56 Å². The molecular weight excluding hydrogens is 238 g/mol. The molecule has 4 heteroatoms. The Hall–Kier alpha value is -1.22. The first kappa shape index (κ1) is 13.8. The maximum Gasteiger partial charge on any atom is 0.221 e. The molecule has 0 radical (unpaired) electrons. The lowest BCUT2D eigenvalue weighted by molar-refractivity contribution is -0.121. The number of nitrogens with one attached hydrogen (secondary N) is 1. The summed E-state index contributed by atoms with van der Waals surface area (Å²) in [7, 11) is 0. The third-order valence-electron chi connectivity index (χ3n) is 2.27. The van der Waals surface area contributed by atoms with E-state index in [9.17, 15) is 4.79 Å². The van der Waals surface area contributed by atoms with Gasteiger partial charge < -0.3 is 10.1 Å². The first-order chi connectivity index (χ1) is 8.11. The molecule has 0 aliphatic rings. The van der Waals surface area contributed by atoms with Crippen molar-refractivity contribution in [2.24, 2.45) is 0 Å². The van der Waals surface area contributed by atoms with Gasteiger partial charge in [0.25, 0.3) is 0 Å². The molecule has 0 aliphatic carbocycles. The largest absolute Gasteiger partial charge is 0.489 e. The number of aryl methyl sites for hydroxylation is 1. The van der Waals surface area contributed by atoms with Crippen LogP contribution in [0.3, 0.4) is 0 Å². The van der Waals surface area contributed by atoms with Gasteiger partial charge in [-0.25, -0.2) is 0 Å². The summed E-state index contributed by atoms with van der Waals surface area (Å²) in [6.07, 6.45) is 0.288. The average molecular weight is 256 g/mol. The van der Waals surface area contributed by atoms with Crippen LogP contribution < -0.4 is 10.1 Å². The molecule has 1 aromatic carbocycles. The number of rotatable bonds is 6. The quantitative estimate of drug-likeness (QED) is 0.794. The van der Waals surface area contributed by atoms with Gasteiger partial charge in [-0.15, -0.1) is 11.6 Å². The van der Waals surface area contributed by atoms with Gasteiger partial charge in [0.1, 0.15) is 11.9 Å². The highest BCUT2D eigenvalue weighted by Crippen LogP contribution is 2.12. The van der Waals surface area contributed by atoms with Crippen LogP contribution >= 0.6 is 11.6 Å². The van der Waals surface area contributed by atoms with E-state index in [-0.39, 0.29) is 12.0 Å². The van der Waals surface area contributed by atoms with Crippen molar-refractivity contribution in [2.45, 2.75) is 26.4 Å². The van der Waals surface area contributed by atoms with Gasteiger partial charge in [0, 0.05) is 12.3 Å². The van der Waals surface area contributed by atoms with Crippen molar-refractivity contribution in [2.75, 3.05) is 12.4 Å². The van der Waals surface area contributed by atoms with Crippen molar-refractivity contribution in [1.82, 2.24) is 5.32 Å². The summed E-state index contributed by atoms with van der Waals surface area (Å²) in [6, 6.07) is 7.83. The van der Waals surface area contributed by atoms with Gasteiger partial charge in [0.15, 0.2) is 0 Å². The zero-order chi connectivity index (χ0) is 12.7. The zero-order valence-electron chi connectivity index (χ0n) is 10.2. The van der Waals surface area contributed by atoms with E-state index in [1.807, 2.05) is 38.1 Å². The summed E-state index contributed by atoms with van der Waals surface area (Å²) >= 11 is 5.46. The molecule has 1 unspecified atom stereocenters. The van der Waals surface area contributed by atoms with E-state index in [2.05, 4.69) is 5.32 Å². The molecule has 3 nitrogen and oxygen atoms in total. The fourth-order valence-electron chi connectivity index (χ4n) is 1.32. The van der Waals surface area contributed by atoms with Gasteiger partial charge in [-0.05, 0) is 26.0 Å². The van der Waals surface area contributed by atoms with Crippen LogP contribution in [0.5, 0.6) is 5.75 Å². The van der Waals surface area contributed by atoms with Crippen molar-refractivity contribution in [1.29, 1.82) is 0 Å². The van der Waals surface area contributed by atoms with E-state index in [0.717, 1.165) is 5.75 Å². The minimum atomic E-state index is -0.0584. The highest BCUT2D eigenvalue weighted by molar-refractivity contribution is 6.18. The first-order valence-electron chi connectivity index (χ1n) is 5.68. The van der Waals surface area contributed by atoms with Gasteiger partial charge in [-0.2, -0.15) is 0 Å². The molecule has 94 valence electrons. The minimum absolute atomic E-state index is 0.0423. The van der Waals surface area contributed by atoms with Crippen LogP contribution in [0.4, 0.5) is 0 Å². The third kappa shape index (κ3) is 5.59. The molecule has 1 rings (SSSR count). The molecule has 17 heavy (non-hydrogen) atoms. The predicted octanol–water partition coefficient (Wildman–Crippen LogP) is 2.51. The van der Waals surface area contributed by atoms with Gasteiger partial charge in [-0.1, -0.05) is 17.7 Å². The molecule has 0 bridgehead atoms. The van der Waals surface area contributed by atoms with Crippen LogP contribution in [0.15, 0.2) is 24.3 Å². The summed E-state index contributed by atoms with van der Waals surface area (Å²) in [4.78, 5) is 11.2. The molecule has 1 aromatic rings. The standard InChI is InChI=1S/C13H18ClNO2/c1-10-3-5-12(6-4-10)17-11(2)9-15-13(16)7-8-14/h3-6,11H,7-9H2,1-2H3,(H,15,16). The summed E-state index contributed by atoms with van der Waals surface area (Å²) in [5.41, 5.74) is 1.19.